The highest BCUT2D eigenvalue weighted by Crippen LogP contribution is 2.31. The average molecular weight is 315 g/mol. The largest absolute Gasteiger partial charge is 0.372 e. The molecule has 24 heavy (non-hydrogen) atoms. The second-order valence-corrected chi connectivity index (χ2v) is 6.13. The molecular formula is C23H25N. The highest BCUT2D eigenvalue weighted by molar-refractivity contribution is 5.86. The van der Waals surface area contributed by atoms with Crippen molar-refractivity contribution in [2.75, 3.05) is 18.0 Å². The molecule has 1 nitrogen and oxygen atoms in total. The lowest BCUT2D eigenvalue weighted by Gasteiger charge is -2.21. The van der Waals surface area contributed by atoms with Gasteiger partial charge in [0, 0.05) is 18.8 Å². The summed E-state index contributed by atoms with van der Waals surface area (Å²) in [6.45, 7) is 8.60. The first kappa shape index (κ1) is 16.3. The zero-order valence-electron chi connectivity index (χ0n) is 14.8. The molecule has 0 bridgehead atoms. The van der Waals surface area contributed by atoms with Gasteiger partial charge in [0.2, 0.25) is 0 Å². The van der Waals surface area contributed by atoms with Gasteiger partial charge >= 0.3 is 0 Å². The molecule has 0 radical (unpaired) electrons. The van der Waals surface area contributed by atoms with E-state index in [4.69, 9.17) is 0 Å². The lowest BCUT2D eigenvalue weighted by atomic mass is 9.92. The van der Waals surface area contributed by atoms with Crippen molar-refractivity contribution in [2.24, 2.45) is 0 Å². The summed E-state index contributed by atoms with van der Waals surface area (Å²) in [6.07, 6.45) is 8.59. The Labute approximate surface area is 145 Å². The summed E-state index contributed by atoms with van der Waals surface area (Å²) in [5.74, 6) is 0. The Hall–Kier alpha value is -2.54. The number of allylic oxidation sites excluding steroid dienone is 5. The molecule has 0 spiro atoms. The van der Waals surface area contributed by atoms with Crippen LogP contribution in [0.2, 0.25) is 0 Å². The SMILES string of the molecule is CCN(CC)c1ccc(C(=C2C=CC=C2)c2ccc(C)cc2)cc1. The van der Waals surface area contributed by atoms with Gasteiger partial charge in [0.25, 0.3) is 0 Å². The summed E-state index contributed by atoms with van der Waals surface area (Å²) in [5.41, 5.74) is 7.68. The van der Waals surface area contributed by atoms with Gasteiger partial charge in [0.1, 0.15) is 0 Å². The maximum absolute atomic E-state index is 2.37. The van der Waals surface area contributed by atoms with E-state index in [9.17, 15) is 0 Å². The summed E-state index contributed by atoms with van der Waals surface area (Å²) in [4.78, 5) is 2.37. The maximum atomic E-state index is 2.37. The lowest BCUT2D eigenvalue weighted by Crippen LogP contribution is -2.21. The molecule has 2 aromatic carbocycles. The molecule has 1 aliphatic rings. The monoisotopic (exact) mass is 315 g/mol. The van der Waals surface area contributed by atoms with Crippen LogP contribution in [0, 0.1) is 6.92 Å². The van der Waals surface area contributed by atoms with Crippen LogP contribution in [0.1, 0.15) is 30.5 Å². The third kappa shape index (κ3) is 3.35. The van der Waals surface area contributed by atoms with Crippen molar-refractivity contribution in [1.29, 1.82) is 0 Å². The maximum Gasteiger partial charge on any atom is 0.0366 e. The van der Waals surface area contributed by atoms with Crippen LogP contribution in [0.25, 0.3) is 5.57 Å². The molecule has 0 fully saturated rings. The molecule has 0 amide bonds. The highest BCUT2D eigenvalue weighted by Gasteiger charge is 2.11. The molecule has 3 rings (SSSR count). The van der Waals surface area contributed by atoms with E-state index in [0.29, 0.717) is 0 Å². The van der Waals surface area contributed by atoms with Gasteiger partial charge in [-0.15, -0.1) is 0 Å². The van der Waals surface area contributed by atoms with Gasteiger partial charge in [-0.25, -0.2) is 0 Å². The van der Waals surface area contributed by atoms with Crippen LogP contribution < -0.4 is 4.90 Å². The second kappa shape index (κ2) is 7.35. The highest BCUT2D eigenvalue weighted by atomic mass is 15.1. The van der Waals surface area contributed by atoms with Crippen LogP contribution in [0.5, 0.6) is 0 Å². The van der Waals surface area contributed by atoms with Crippen molar-refractivity contribution in [3.05, 3.63) is 95.1 Å². The molecule has 0 N–H and O–H groups in total. The van der Waals surface area contributed by atoms with Gasteiger partial charge in [-0.1, -0.05) is 66.3 Å². The van der Waals surface area contributed by atoms with E-state index in [1.54, 1.807) is 0 Å². The normalized spacial score (nSPS) is 12.7. The third-order valence-electron chi connectivity index (χ3n) is 4.58. The number of hydrogen-bond acceptors (Lipinski definition) is 1. The van der Waals surface area contributed by atoms with Crippen molar-refractivity contribution in [3.63, 3.8) is 0 Å². The molecule has 0 aromatic heterocycles. The topological polar surface area (TPSA) is 3.24 Å². The number of aryl methyl sites for hydroxylation is 1. The molecule has 0 atom stereocenters. The van der Waals surface area contributed by atoms with Crippen LogP contribution in [-0.4, -0.2) is 13.1 Å². The zero-order valence-corrected chi connectivity index (χ0v) is 14.8. The predicted molar refractivity (Wildman–Crippen MR) is 105 cm³/mol. The summed E-state index contributed by atoms with van der Waals surface area (Å²) in [5, 5.41) is 0. The molecule has 1 heteroatoms. The van der Waals surface area contributed by atoms with Crippen molar-refractivity contribution in [1.82, 2.24) is 0 Å². The Balaban J connectivity index is 2.04. The van der Waals surface area contributed by atoms with E-state index in [1.165, 1.54) is 33.5 Å². The third-order valence-corrected chi connectivity index (χ3v) is 4.58. The van der Waals surface area contributed by atoms with Gasteiger partial charge in [-0.2, -0.15) is 0 Å². The molecule has 1 aliphatic carbocycles. The second-order valence-electron chi connectivity index (χ2n) is 6.13. The van der Waals surface area contributed by atoms with E-state index in [2.05, 4.69) is 98.5 Å². The van der Waals surface area contributed by atoms with Gasteiger partial charge < -0.3 is 4.90 Å². The lowest BCUT2D eigenvalue weighted by molar-refractivity contribution is 0.866. The Morgan fingerprint density at radius 1 is 0.750 bits per heavy atom. The average Bonchev–Trinajstić information content (AvgIpc) is 3.13. The fourth-order valence-corrected chi connectivity index (χ4v) is 3.19. The van der Waals surface area contributed by atoms with Crippen LogP contribution in [-0.2, 0) is 0 Å². The van der Waals surface area contributed by atoms with Crippen LogP contribution in [0.15, 0.2) is 78.4 Å². The molecule has 122 valence electrons. The Kier molecular flexibility index (Phi) is 5.00. The minimum absolute atomic E-state index is 1.03. The van der Waals surface area contributed by atoms with E-state index >= 15 is 0 Å². The molecule has 0 unspecified atom stereocenters. The van der Waals surface area contributed by atoms with Gasteiger partial charge in [-0.3, -0.25) is 0 Å². The molecule has 0 saturated carbocycles. The van der Waals surface area contributed by atoms with Crippen LogP contribution in [0.3, 0.4) is 0 Å². The minimum Gasteiger partial charge on any atom is -0.372 e. The standard InChI is InChI=1S/C23H25N/c1-4-24(5-2)22-16-14-21(15-17-22)23(19-8-6-7-9-19)20-12-10-18(3)11-13-20/h6-17H,4-5H2,1-3H3. The van der Waals surface area contributed by atoms with E-state index in [0.717, 1.165) is 13.1 Å². The first-order chi connectivity index (χ1) is 11.7. The molecule has 0 heterocycles. The van der Waals surface area contributed by atoms with Crippen molar-refractivity contribution in [3.8, 4) is 0 Å². The summed E-state index contributed by atoms with van der Waals surface area (Å²) in [6, 6.07) is 17.8. The number of hydrogen-bond donors (Lipinski definition) is 0. The Morgan fingerprint density at radius 2 is 1.25 bits per heavy atom. The Morgan fingerprint density at radius 3 is 1.75 bits per heavy atom. The molecule has 0 saturated heterocycles. The van der Waals surface area contributed by atoms with Crippen LogP contribution in [0.4, 0.5) is 5.69 Å². The first-order valence-corrected chi connectivity index (χ1v) is 8.74. The quantitative estimate of drug-likeness (QED) is 0.677. The summed E-state index contributed by atoms with van der Waals surface area (Å²) < 4.78 is 0. The molecule has 2 aromatic rings. The van der Waals surface area contributed by atoms with E-state index in [1.807, 2.05) is 0 Å². The number of benzene rings is 2. The van der Waals surface area contributed by atoms with Gasteiger partial charge in [-0.05, 0) is 55.2 Å². The van der Waals surface area contributed by atoms with Crippen molar-refractivity contribution >= 4 is 11.3 Å². The van der Waals surface area contributed by atoms with Gasteiger partial charge in [0.15, 0.2) is 0 Å². The number of nitrogens with zero attached hydrogens (tertiary/aromatic N) is 1. The zero-order chi connectivity index (χ0) is 16.9. The predicted octanol–water partition coefficient (Wildman–Crippen LogP) is 5.77. The molecular weight excluding hydrogens is 290 g/mol. The van der Waals surface area contributed by atoms with Crippen molar-refractivity contribution < 1.29 is 0 Å². The van der Waals surface area contributed by atoms with E-state index < -0.39 is 0 Å². The first-order valence-electron chi connectivity index (χ1n) is 8.74. The summed E-state index contributed by atoms with van der Waals surface area (Å²) in [7, 11) is 0. The van der Waals surface area contributed by atoms with Gasteiger partial charge in [0.05, 0.1) is 0 Å². The van der Waals surface area contributed by atoms with E-state index in [-0.39, 0.29) is 0 Å². The molecule has 0 aliphatic heterocycles. The summed E-state index contributed by atoms with van der Waals surface area (Å²) >= 11 is 0. The smallest absolute Gasteiger partial charge is 0.0366 e. The fraction of sp³-hybridized carbons (Fsp3) is 0.217. The minimum atomic E-state index is 1.03. The van der Waals surface area contributed by atoms with Crippen molar-refractivity contribution in [2.45, 2.75) is 20.8 Å². The number of rotatable bonds is 5. The van der Waals surface area contributed by atoms with Crippen LogP contribution >= 0.6 is 0 Å². The number of anilines is 1. The Bertz CT molecular complexity index is 756. The fourth-order valence-electron chi connectivity index (χ4n) is 3.19.